The smallest absolute Gasteiger partial charge is 0.221 e. The van der Waals surface area contributed by atoms with Crippen LogP contribution in [0.25, 0.3) is 39.4 Å². The Morgan fingerprint density at radius 2 is 1.92 bits per heavy atom. The van der Waals surface area contributed by atoms with Crippen LogP contribution in [0, 0.1) is 0 Å². The number of nitrogen functional groups attached to an aromatic ring is 1. The Morgan fingerprint density at radius 3 is 2.62 bits per heavy atom. The third-order valence-corrected chi connectivity index (χ3v) is 7.39. The van der Waals surface area contributed by atoms with Gasteiger partial charge >= 0.3 is 0 Å². The third-order valence-electron chi connectivity index (χ3n) is 7.39. The summed E-state index contributed by atoms with van der Waals surface area (Å²) in [7, 11) is 0. The van der Waals surface area contributed by atoms with Crippen molar-refractivity contribution in [3.05, 3.63) is 72.6 Å². The van der Waals surface area contributed by atoms with Crippen molar-refractivity contribution in [2.45, 2.75) is 44.6 Å². The van der Waals surface area contributed by atoms with Crippen molar-refractivity contribution in [1.82, 2.24) is 19.5 Å². The molecule has 0 bridgehead atoms. The maximum Gasteiger partial charge on any atom is 0.221 e. The van der Waals surface area contributed by atoms with Gasteiger partial charge in [-0.2, -0.15) is 0 Å². The molecule has 0 spiro atoms. The standard InChI is InChI=1S/C29H29N7O/c1-18(37)34-22-6-2-5-19(15-22)20-16-25-28(33-17-20)36(27(35-25)24-7-3-14-32-26(24)30)23-10-8-21(9-11-23)29(31)12-4-13-29/h2-3,5-8,10,14-17H,4,9,11-13,31H2,1H3,(H2,30,32)(H,34,37). The number of pyridine rings is 2. The topological polar surface area (TPSA) is 125 Å². The number of fused-ring (bicyclic) bond motifs is 1. The summed E-state index contributed by atoms with van der Waals surface area (Å²) in [4.78, 5) is 25.7. The lowest BCUT2D eigenvalue weighted by atomic mass is 9.70. The average molecular weight is 492 g/mol. The molecule has 1 fully saturated rings. The van der Waals surface area contributed by atoms with E-state index >= 15 is 0 Å². The van der Waals surface area contributed by atoms with Gasteiger partial charge in [-0.3, -0.25) is 9.36 Å². The van der Waals surface area contributed by atoms with Gasteiger partial charge in [0, 0.05) is 41.8 Å². The highest BCUT2D eigenvalue weighted by atomic mass is 16.1. The number of hydrogen-bond acceptors (Lipinski definition) is 6. The number of nitrogens with one attached hydrogen (secondary N) is 1. The second-order valence-electron chi connectivity index (χ2n) is 9.90. The number of rotatable bonds is 5. The summed E-state index contributed by atoms with van der Waals surface area (Å²) >= 11 is 0. The molecule has 186 valence electrons. The Morgan fingerprint density at radius 1 is 1.05 bits per heavy atom. The van der Waals surface area contributed by atoms with Gasteiger partial charge in [0.25, 0.3) is 0 Å². The van der Waals surface area contributed by atoms with Gasteiger partial charge in [-0.1, -0.05) is 18.2 Å². The van der Waals surface area contributed by atoms with Crippen LogP contribution in [-0.2, 0) is 4.79 Å². The molecule has 0 atom stereocenters. The van der Waals surface area contributed by atoms with Crippen molar-refractivity contribution in [2.75, 3.05) is 11.1 Å². The van der Waals surface area contributed by atoms with Crippen LogP contribution in [0.1, 0.15) is 39.0 Å². The van der Waals surface area contributed by atoms with Gasteiger partial charge in [-0.05, 0) is 79.6 Å². The van der Waals surface area contributed by atoms with E-state index in [0.29, 0.717) is 11.6 Å². The number of benzene rings is 1. The molecule has 6 rings (SSSR count). The van der Waals surface area contributed by atoms with Gasteiger partial charge in [-0.15, -0.1) is 0 Å². The second kappa shape index (κ2) is 8.97. The Labute approximate surface area is 215 Å². The first-order valence-electron chi connectivity index (χ1n) is 12.6. The number of allylic oxidation sites excluding steroid dienone is 3. The first-order valence-corrected chi connectivity index (χ1v) is 12.6. The van der Waals surface area contributed by atoms with Crippen molar-refractivity contribution in [2.24, 2.45) is 5.73 Å². The molecule has 8 heteroatoms. The number of nitrogens with two attached hydrogens (primary N) is 2. The number of hydrogen-bond donors (Lipinski definition) is 3. The molecule has 2 aliphatic rings. The number of carbonyl (C=O) groups excluding carboxylic acids is 1. The van der Waals surface area contributed by atoms with E-state index in [1.807, 2.05) is 48.7 Å². The van der Waals surface area contributed by atoms with Crippen molar-refractivity contribution < 1.29 is 4.79 Å². The van der Waals surface area contributed by atoms with Gasteiger partial charge in [0.1, 0.15) is 17.2 Å². The zero-order valence-corrected chi connectivity index (χ0v) is 20.7. The molecule has 3 heterocycles. The molecule has 0 unspecified atom stereocenters. The van der Waals surface area contributed by atoms with Gasteiger partial charge in [0.2, 0.25) is 5.91 Å². The summed E-state index contributed by atoms with van der Waals surface area (Å²) < 4.78 is 2.09. The monoisotopic (exact) mass is 491 g/mol. The Bertz CT molecular complexity index is 1590. The van der Waals surface area contributed by atoms with E-state index in [-0.39, 0.29) is 11.4 Å². The van der Waals surface area contributed by atoms with E-state index < -0.39 is 0 Å². The van der Waals surface area contributed by atoms with E-state index in [9.17, 15) is 4.79 Å². The summed E-state index contributed by atoms with van der Waals surface area (Å²) in [6.45, 7) is 1.50. The van der Waals surface area contributed by atoms with Gasteiger partial charge in [0.15, 0.2) is 5.65 Å². The molecule has 2 aliphatic carbocycles. The lowest BCUT2D eigenvalue weighted by molar-refractivity contribution is -0.114. The summed E-state index contributed by atoms with van der Waals surface area (Å²) in [5.74, 6) is 1.02. The molecule has 1 saturated carbocycles. The summed E-state index contributed by atoms with van der Waals surface area (Å²) in [5, 5.41) is 2.84. The fourth-order valence-electron chi connectivity index (χ4n) is 5.27. The molecular weight excluding hydrogens is 462 g/mol. The van der Waals surface area contributed by atoms with Crippen molar-refractivity contribution in [3.63, 3.8) is 0 Å². The number of imidazole rings is 1. The van der Waals surface area contributed by atoms with Crippen LogP contribution in [0.15, 0.2) is 72.6 Å². The molecule has 1 amide bonds. The van der Waals surface area contributed by atoms with E-state index in [4.69, 9.17) is 21.4 Å². The van der Waals surface area contributed by atoms with Crippen molar-refractivity contribution >= 4 is 34.3 Å². The maximum absolute atomic E-state index is 11.5. The molecule has 0 radical (unpaired) electrons. The molecular formula is C29H29N7O. The molecule has 4 aromatic rings. The minimum atomic E-state index is -0.144. The number of nitrogens with zero attached hydrogens (tertiary/aromatic N) is 4. The average Bonchev–Trinajstić information content (AvgIpc) is 3.26. The molecule has 8 nitrogen and oxygen atoms in total. The van der Waals surface area contributed by atoms with Gasteiger partial charge < -0.3 is 16.8 Å². The molecule has 5 N–H and O–H groups in total. The van der Waals surface area contributed by atoms with Gasteiger partial charge in [0.05, 0.1) is 5.56 Å². The highest BCUT2D eigenvalue weighted by molar-refractivity contribution is 5.91. The number of carbonyl (C=O) groups is 1. The van der Waals surface area contributed by atoms with Crippen LogP contribution in [0.4, 0.5) is 11.5 Å². The molecule has 1 aromatic carbocycles. The van der Waals surface area contributed by atoms with Crippen LogP contribution in [-0.4, -0.2) is 31.0 Å². The van der Waals surface area contributed by atoms with E-state index in [1.165, 1.54) is 18.9 Å². The first kappa shape index (κ1) is 23.1. The Hall–Kier alpha value is -4.30. The predicted molar refractivity (Wildman–Crippen MR) is 147 cm³/mol. The zero-order valence-electron chi connectivity index (χ0n) is 20.7. The van der Waals surface area contributed by atoms with E-state index in [0.717, 1.165) is 64.9 Å². The maximum atomic E-state index is 11.5. The first-order chi connectivity index (χ1) is 17.9. The summed E-state index contributed by atoms with van der Waals surface area (Å²) in [5.41, 5.74) is 20.0. The lowest BCUT2D eigenvalue weighted by Gasteiger charge is -2.41. The van der Waals surface area contributed by atoms with Crippen LogP contribution in [0.5, 0.6) is 0 Å². The summed E-state index contributed by atoms with van der Waals surface area (Å²) in [6, 6.07) is 13.5. The van der Waals surface area contributed by atoms with Crippen LogP contribution >= 0.6 is 0 Å². The largest absolute Gasteiger partial charge is 0.383 e. The zero-order chi connectivity index (χ0) is 25.6. The second-order valence-corrected chi connectivity index (χ2v) is 9.90. The lowest BCUT2D eigenvalue weighted by Crippen LogP contribution is -2.48. The molecule has 0 saturated heterocycles. The third kappa shape index (κ3) is 4.19. The van der Waals surface area contributed by atoms with Crippen molar-refractivity contribution in [1.29, 1.82) is 0 Å². The van der Waals surface area contributed by atoms with Crippen LogP contribution in [0.2, 0.25) is 0 Å². The highest BCUT2D eigenvalue weighted by Crippen LogP contribution is 2.41. The SMILES string of the molecule is CC(=O)Nc1cccc(-c2cnc3c(c2)nc(-c2cccnc2N)n3C2=CC=C(C3(N)CCC3)CC2)c1. The number of amides is 1. The normalized spacial score (nSPS) is 16.6. The molecule has 3 aromatic heterocycles. The van der Waals surface area contributed by atoms with Crippen LogP contribution in [0.3, 0.4) is 0 Å². The van der Waals surface area contributed by atoms with E-state index in [2.05, 4.69) is 27.0 Å². The van der Waals surface area contributed by atoms with E-state index in [1.54, 1.807) is 6.20 Å². The predicted octanol–water partition coefficient (Wildman–Crippen LogP) is 5.14. The summed E-state index contributed by atoms with van der Waals surface area (Å²) in [6.07, 6.45) is 12.9. The minimum absolute atomic E-state index is 0.112. The Kier molecular flexibility index (Phi) is 5.61. The minimum Gasteiger partial charge on any atom is -0.383 e. The number of aromatic nitrogens is 4. The molecule has 0 aliphatic heterocycles. The van der Waals surface area contributed by atoms with Crippen molar-refractivity contribution in [3.8, 4) is 22.5 Å². The van der Waals surface area contributed by atoms with Crippen LogP contribution < -0.4 is 16.8 Å². The fraction of sp³-hybridized carbons (Fsp3) is 0.241. The quantitative estimate of drug-likeness (QED) is 0.355. The Balaban J connectivity index is 1.48. The fourth-order valence-corrected chi connectivity index (χ4v) is 5.27. The highest BCUT2D eigenvalue weighted by Gasteiger charge is 2.36. The molecule has 37 heavy (non-hydrogen) atoms. The number of anilines is 2. The van der Waals surface area contributed by atoms with Gasteiger partial charge in [-0.25, -0.2) is 15.0 Å².